The lowest BCUT2D eigenvalue weighted by Gasteiger charge is -2.17. The molecule has 0 aliphatic carbocycles. The minimum Gasteiger partial charge on any atom is -0.493 e. The van der Waals surface area contributed by atoms with Crippen LogP contribution in [0.5, 0.6) is 11.5 Å². The summed E-state index contributed by atoms with van der Waals surface area (Å²) >= 11 is 0. The number of carboxylic acid groups (broad SMARTS) is 1. The number of aliphatic carboxylic acids is 1. The molecule has 100 valence electrons. The van der Waals surface area contributed by atoms with Crippen LogP contribution >= 0.6 is 0 Å². The average molecular weight is 254 g/mol. The summed E-state index contributed by atoms with van der Waals surface area (Å²) in [6.45, 7) is 0.963. The minimum atomic E-state index is -0.813. The molecule has 1 N–H and O–H groups in total. The number of carboxylic acids is 1. The maximum absolute atomic E-state index is 10.5. The number of ether oxygens (including phenoxy) is 2. The van der Waals surface area contributed by atoms with Gasteiger partial charge in [0.05, 0.1) is 20.6 Å². The van der Waals surface area contributed by atoms with E-state index in [9.17, 15) is 4.79 Å². The summed E-state index contributed by atoms with van der Waals surface area (Å²) in [7, 11) is 4.96. The summed E-state index contributed by atoms with van der Waals surface area (Å²) in [6.07, 6.45) is 1.74. The molecular formula is C12H18N2O4. The molecule has 0 amide bonds. The maximum Gasteiger partial charge on any atom is 0.304 e. The van der Waals surface area contributed by atoms with Gasteiger partial charge in [-0.15, -0.1) is 0 Å². The molecule has 6 heteroatoms. The Bertz CT molecular complexity index is 409. The maximum atomic E-state index is 10.5. The van der Waals surface area contributed by atoms with Crippen LogP contribution in [0.3, 0.4) is 0 Å². The van der Waals surface area contributed by atoms with Crippen molar-refractivity contribution in [3.63, 3.8) is 0 Å². The van der Waals surface area contributed by atoms with Crippen molar-refractivity contribution in [2.45, 2.75) is 13.0 Å². The minimum absolute atomic E-state index is 0.1000. The molecule has 1 heterocycles. The van der Waals surface area contributed by atoms with E-state index in [0.717, 1.165) is 5.69 Å². The molecular weight excluding hydrogens is 236 g/mol. The van der Waals surface area contributed by atoms with Gasteiger partial charge in [-0.3, -0.25) is 14.7 Å². The highest BCUT2D eigenvalue weighted by Crippen LogP contribution is 2.29. The Morgan fingerprint density at radius 2 is 2.17 bits per heavy atom. The number of carbonyl (C=O) groups is 1. The number of aromatic nitrogens is 1. The molecule has 0 fully saturated rings. The van der Waals surface area contributed by atoms with Crippen LogP contribution in [0.2, 0.25) is 0 Å². The Kier molecular flexibility index (Phi) is 5.38. The Labute approximate surface area is 106 Å². The summed E-state index contributed by atoms with van der Waals surface area (Å²) in [4.78, 5) is 16.6. The molecule has 6 nitrogen and oxygen atoms in total. The number of nitrogens with zero attached hydrogens (tertiary/aromatic N) is 2. The second kappa shape index (κ2) is 6.80. The molecule has 18 heavy (non-hydrogen) atoms. The van der Waals surface area contributed by atoms with Crippen LogP contribution in [0.25, 0.3) is 0 Å². The van der Waals surface area contributed by atoms with Crippen LogP contribution in [0, 0.1) is 0 Å². The van der Waals surface area contributed by atoms with Gasteiger partial charge in [-0.2, -0.15) is 0 Å². The largest absolute Gasteiger partial charge is 0.493 e. The van der Waals surface area contributed by atoms with Gasteiger partial charge in [-0.25, -0.2) is 0 Å². The van der Waals surface area contributed by atoms with Crippen molar-refractivity contribution >= 4 is 5.97 Å². The fourth-order valence-corrected chi connectivity index (χ4v) is 1.58. The molecule has 0 bridgehead atoms. The molecule has 1 rings (SSSR count). The van der Waals surface area contributed by atoms with Gasteiger partial charge in [0.25, 0.3) is 0 Å². The van der Waals surface area contributed by atoms with E-state index in [4.69, 9.17) is 14.6 Å². The molecule has 0 saturated heterocycles. The number of hydrogen-bond donors (Lipinski definition) is 1. The highest BCUT2D eigenvalue weighted by Gasteiger charge is 2.13. The lowest BCUT2D eigenvalue weighted by molar-refractivity contribution is -0.137. The molecule has 0 aliphatic rings. The van der Waals surface area contributed by atoms with Crippen molar-refractivity contribution in [2.75, 3.05) is 27.8 Å². The fourth-order valence-electron chi connectivity index (χ4n) is 1.58. The predicted octanol–water partition coefficient (Wildman–Crippen LogP) is 1.01. The third-order valence-electron chi connectivity index (χ3n) is 2.49. The summed E-state index contributed by atoms with van der Waals surface area (Å²) in [5.41, 5.74) is 0.727. The van der Waals surface area contributed by atoms with E-state index in [-0.39, 0.29) is 6.42 Å². The zero-order valence-electron chi connectivity index (χ0n) is 10.8. The topological polar surface area (TPSA) is 71.9 Å². The molecule has 0 unspecified atom stereocenters. The lowest BCUT2D eigenvalue weighted by atomic mass is 10.2. The standard InChI is InChI=1S/C12H18N2O4/c1-14(7-5-11(15)16)8-9-12(18-3)10(17-2)4-6-13-9/h4,6H,5,7-8H2,1-3H3,(H,15,16). The predicted molar refractivity (Wildman–Crippen MR) is 65.9 cm³/mol. The molecule has 0 aromatic carbocycles. The smallest absolute Gasteiger partial charge is 0.304 e. The van der Waals surface area contributed by atoms with Gasteiger partial charge in [0, 0.05) is 25.4 Å². The zero-order valence-corrected chi connectivity index (χ0v) is 10.8. The summed E-state index contributed by atoms with van der Waals surface area (Å²) in [5.74, 6) is 0.392. The van der Waals surface area contributed by atoms with Gasteiger partial charge in [0.2, 0.25) is 0 Å². The van der Waals surface area contributed by atoms with Crippen molar-refractivity contribution < 1.29 is 19.4 Å². The fraction of sp³-hybridized carbons (Fsp3) is 0.500. The Morgan fingerprint density at radius 1 is 1.44 bits per heavy atom. The van der Waals surface area contributed by atoms with Crippen LogP contribution in [-0.2, 0) is 11.3 Å². The zero-order chi connectivity index (χ0) is 13.5. The Morgan fingerprint density at radius 3 is 2.72 bits per heavy atom. The highest BCUT2D eigenvalue weighted by atomic mass is 16.5. The molecule has 0 spiro atoms. The van der Waals surface area contributed by atoms with Gasteiger partial charge in [-0.05, 0) is 7.05 Å². The third kappa shape index (κ3) is 3.89. The molecule has 1 aromatic heterocycles. The van der Waals surface area contributed by atoms with Gasteiger partial charge in [0.15, 0.2) is 11.5 Å². The van der Waals surface area contributed by atoms with Gasteiger partial charge >= 0.3 is 5.97 Å². The van der Waals surface area contributed by atoms with Gasteiger partial charge < -0.3 is 14.6 Å². The number of hydrogen-bond acceptors (Lipinski definition) is 5. The first-order valence-corrected chi connectivity index (χ1v) is 5.54. The van der Waals surface area contributed by atoms with Crippen LogP contribution in [0.1, 0.15) is 12.1 Å². The quantitative estimate of drug-likeness (QED) is 0.782. The van der Waals surface area contributed by atoms with Crippen molar-refractivity contribution in [2.24, 2.45) is 0 Å². The number of rotatable bonds is 7. The average Bonchev–Trinajstić information content (AvgIpc) is 2.36. The van der Waals surface area contributed by atoms with Crippen molar-refractivity contribution in [1.82, 2.24) is 9.88 Å². The monoisotopic (exact) mass is 254 g/mol. The first kappa shape index (κ1) is 14.2. The van der Waals surface area contributed by atoms with E-state index < -0.39 is 5.97 Å². The van der Waals surface area contributed by atoms with E-state index in [0.29, 0.717) is 24.6 Å². The molecule has 1 aromatic rings. The van der Waals surface area contributed by atoms with E-state index in [2.05, 4.69) is 4.98 Å². The Hall–Kier alpha value is -1.82. The molecule has 0 radical (unpaired) electrons. The lowest BCUT2D eigenvalue weighted by Crippen LogP contribution is -2.22. The number of methoxy groups -OCH3 is 2. The first-order valence-electron chi connectivity index (χ1n) is 5.54. The van der Waals surface area contributed by atoms with E-state index in [1.54, 1.807) is 26.5 Å². The summed E-state index contributed by atoms with van der Waals surface area (Å²) in [6, 6.07) is 1.72. The van der Waals surface area contributed by atoms with Gasteiger partial charge in [-0.1, -0.05) is 0 Å². The molecule has 0 atom stereocenters. The summed E-state index contributed by atoms with van der Waals surface area (Å²) < 4.78 is 10.4. The van der Waals surface area contributed by atoms with Crippen LogP contribution < -0.4 is 9.47 Å². The van der Waals surface area contributed by atoms with Crippen LogP contribution in [0.15, 0.2) is 12.3 Å². The van der Waals surface area contributed by atoms with E-state index >= 15 is 0 Å². The normalized spacial score (nSPS) is 10.4. The van der Waals surface area contributed by atoms with Crippen molar-refractivity contribution in [3.05, 3.63) is 18.0 Å². The van der Waals surface area contributed by atoms with Crippen molar-refractivity contribution in [1.29, 1.82) is 0 Å². The highest BCUT2D eigenvalue weighted by molar-refractivity contribution is 5.66. The summed E-state index contributed by atoms with van der Waals surface area (Å²) in [5, 5.41) is 8.62. The van der Waals surface area contributed by atoms with E-state index in [1.807, 2.05) is 11.9 Å². The Balaban J connectivity index is 2.74. The second-order valence-corrected chi connectivity index (χ2v) is 3.87. The second-order valence-electron chi connectivity index (χ2n) is 3.87. The SMILES string of the molecule is COc1ccnc(CN(C)CCC(=O)O)c1OC. The van der Waals surface area contributed by atoms with Crippen LogP contribution in [-0.4, -0.2) is 48.8 Å². The number of pyridine rings is 1. The first-order chi connectivity index (χ1) is 8.58. The van der Waals surface area contributed by atoms with Gasteiger partial charge in [0.1, 0.15) is 5.69 Å². The molecule has 0 saturated carbocycles. The third-order valence-corrected chi connectivity index (χ3v) is 2.49. The van der Waals surface area contributed by atoms with E-state index in [1.165, 1.54) is 0 Å². The van der Waals surface area contributed by atoms with Crippen LogP contribution in [0.4, 0.5) is 0 Å². The molecule has 0 aliphatic heterocycles. The van der Waals surface area contributed by atoms with Crippen molar-refractivity contribution in [3.8, 4) is 11.5 Å².